The van der Waals surface area contributed by atoms with E-state index < -0.39 is 0 Å². The molecule has 0 saturated carbocycles. The van der Waals surface area contributed by atoms with E-state index >= 15 is 0 Å². The van der Waals surface area contributed by atoms with Crippen molar-refractivity contribution in [2.24, 2.45) is 0 Å². The molecule has 2 aromatic rings. The van der Waals surface area contributed by atoms with E-state index in [0.29, 0.717) is 16.7 Å². The summed E-state index contributed by atoms with van der Waals surface area (Å²) in [6.45, 7) is 0. The Bertz CT molecular complexity index is 465. The lowest BCUT2D eigenvalue weighted by atomic mass is 10.1. The molecular formula is C10H10N2O3. The van der Waals surface area contributed by atoms with Crippen LogP contribution in [0.4, 0.5) is 0 Å². The van der Waals surface area contributed by atoms with Gasteiger partial charge in [0.15, 0.2) is 0 Å². The Balaban J connectivity index is 2.29. The first-order valence-corrected chi connectivity index (χ1v) is 4.39. The quantitative estimate of drug-likeness (QED) is 0.643. The van der Waals surface area contributed by atoms with Crippen LogP contribution in [0.1, 0.15) is 11.1 Å². The summed E-state index contributed by atoms with van der Waals surface area (Å²) in [7, 11) is 0. The molecule has 0 aliphatic heterocycles. The van der Waals surface area contributed by atoms with Crippen LogP contribution < -0.4 is 0 Å². The third kappa shape index (κ3) is 1.71. The second-order valence-electron chi connectivity index (χ2n) is 3.20. The summed E-state index contributed by atoms with van der Waals surface area (Å²) in [5.74, 6) is -0.734. The van der Waals surface area contributed by atoms with Gasteiger partial charge < -0.3 is 15.4 Å². The zero-order chi connectivity index (χ0) is 10.8. The van der Waals surface area contributed by atoms with E-state index in [1.54, 1.807) is 18.5 Å². The van der Waals surface area contributed by atoms with Crippen LogP contribution in [-0.2, 0) is 6.42 Å². The summed E-state index contributed by atoms with van der Waals surface area (Å²) in [6.07, 6.45) is 3.71. The maximum Gasteiger partial charge on any atom is 0.232 e. The number of hydrogen-bond donors (Lipinski definition) is 3. The second-order valence-corrected chi connectivity index (χ2v) is 3.20. The Kier molecular flexibility index (Phi) is 2.21. The first-order chi connectivity index (χ1) is 7.18. The van der Waals surface area contributed by atoms with Gasteiger partial charge in [0.1, 0.15) is 0 Å². The van der Waals surface area contributed by atoms with E-state index in [-0.39, 0.29) is 11.8 Å². The van der Waals surface area contributed by atoms with Crippen molar-refractivity contribution in [1.82, 2.24) is 9.71 Å². The molecule has 0 aliphatic carbocycles. The first kappa shape index (κ1) is 9.39. The number of aromatic nitrogens is 2. The molecule has 5 heteroatoms. The molecule has 2 aromatic heterocycles. The van der Waals surface area contributed by atoms with Gasteiger partial charge in [-0.05, 0) is 11.6 Å². The van der Waals surface area contributed by atoms with Crippen LogP contribution in [0.15, 0.2) is 30.6 Å². The van der Waals surface area contributed by atoms with E-state index in [1.165, 1.54) is 6.07 Å². The Labute approximate surface area is 85.8 Å². The van der Waals surface area contributed by atoms with Crippen LogP contribution in [0.5, 0.6) is 11.8 Å². The molecule has 0 bridgehead atoms. The number of pyridine rings is 1. The van der Waals surface area contributed by atoms with Crippen molar-refractivity contribution in [3.05, 3.63) is 41.7 Å². The summed E-state index contributed by atoms with van der Waals surface area (Å²) in [6, 6.07) is 4.93. The number of aromatic hydroxyl groups is 2. The molecule has 2 heterocycles. The van der Waals surface area contributed by atoms with Gasteiger partial charge >= 0.3 is 0 Å². The highest BCUT2D eigenvalue weighted by atomic mass is 16.5. The van der Waals surface area contributed by atoms with Crippen molar-refractivity contribution in [2.45, 2.75) is 6.42 Å². The maximum absolute atomic E-state index is 9.41. The van der Waals surface area contributed by atoms with Crippen LogP contribution in [0.3, 0.4) is 0 Å². The smallest absolute Gasteiger partial charge is 0.232 e. The lowest BCUT2D eigenvalue weighted by Crippen LogP contribution is -1.90. The van der Waals surface area contributed by atoms with E-state index in [1.807, 2.05) is 6.07 Å². The van der Waals surface area contributed by atoms with Gasteiger partial charge in [-0.3, -0.25) is 4.98 Å². The van der Waals surface area contributed by atoms with Crippen molar-refractivity contribution in [3.8, 4) is 11.8 Å². The van der Waals surface area contributed by atoms with Crippen LogP contribution in [-0.4, -0.2) is 25.1 Å². The van der Waals surface area contributed by atoms with Gasteiger partial charge in [-0.15, -0.1) is 4.73 Å². The molecule has 3 N–H and O–H groups in total. The maximum atomic E-state index is 9.41. The van der Waals surface area contributed by atoms with Gasteiger partial charge in [0.25, 0.3) is 0 Å². The molecule has 78 valence electrons. The fraction of sp³-hybridized carbons (Fsp3) is 0.100. The van der Waals surface area contributed by atoms with Crippen LogP contribution in [0.2, 0.25) is 0 Å². The third-order valence-electron chi connectivity index (χ3n) is 2.13. The van der Waals surface area contributed by atoms with E-state index in [9.17, 15) is 5.11 Å². The molecule has 0 spiro atoms. The van der Waals surface area contributed by atoms with Gasteiger partial charge in [0.2, 0.25) is 11.8 Å². The minimum atomic E-state index is -0.383. The molecule has 0 aliphatic rings. The SMILES string of the molecule is Oc1cc(Cc2cccnc2)c(O)n1O. The second kappa shape index (κ2) is 3.53. The van der Waals surface area contributed by atoms with Crippen molar-refractivity contribution < 1.29 is 15.4 Å². The predicted molar refractivity (Wildman–Crippen MR) is 52.0 cm³/mol. The molecule has 0 atom stereocenters. The number of hydrogen-bond acceptors (Lipinski definition) is 4. The van der Waals surface area contributed by atoms with Gasteiger partial charge in [0.05, 0.1) is 0 Å². The van der Waals surface area contributed by atoms with E-state index in [0.717, 1.165) is 5.56 Å². The summed E-state index contributed by atoms with van der Waals surface area (Å²) in [5, 5.41) is 27.7. The third-order valence-corrected chi connectivity index (χ3v) is 2.13. The van der Waals surface area contributed by atoms with Gasteiger partial charge in [-0.1, -0.05) is 6.07 Å². The number of nitrogens with zero attached hydrogens (tertiary/aromatic N) is 2. The fourth-order valence-corrected chi connectivity index (χ4v) is 1.38. The minimum absolute atomic E-state index is 0.339. The van der Waals surface area contributed by atoms with Crippen molar-refractivity contribution >= 4 is 0 Å². The Hall–Kier alpha value is -2.17. The standard InChI is InChI=1S/C10H10N2O3/c13-9-5-8(10(14)12(9)15)4-7-2-1-3-11-6-7/h1-3,5-6,13-15H,4H2. The molecule has 0 amide bonds. The molecule has 0 fully saturated rings. The Morgan fingerprint density at radius 2 is 2.13 bits per heavy atom. The zero-order valence-electron chi connectivity index (χ0n) is 7.83. The molecular weight excluding hydrogens is 196 g/mol. The molecule has 2 rings (SSSR count). The summed E-state index contributed by atoms with van der Waals surface area (Å²) < 4.78 is 0.339. The van der Waals surface area contributed by atoms with Crippen molar-refractivity contribution in [3.63, 3.8) is 0 Å². The summed E-state index contributed by atoms with van der Waals surface area (Å²) >= 11 is 0. The lowest BCUT2D eigenvalue weighted by molar-refractivity contribution is 0.130. The number of rotatable bonds is 2. The Morgan fingerprint density at radius 1 is 1.33 bits per heavy atom. The van der Waals surface area contributed by atoms with E-state index in [4.69, 9.17) is 10.3 Å². The predicted octanol–water partition coefficient (Wildman–Crippen LogP) is 1.12. The summed E-state index contributed by atoms with van der Waals surface area (Å²) in [5.41, 5.74) is 1.33. The van der Waals surface area contributed by atoms with Crippen LogP contribution >= 0.6 is 0 Å². The molecule has 0 aromatic carbocycles. The average molecular weight is 206 g/mol. The normalized spacial score (nSPS) is 10.4. The van der Waals surface area contributed by atoms with Crippen molar-refractivity contribution in [1.29, 1.82) is 0 Å². The lowest BCUT2D eigenvalue weighted by Gasteiger charge is -1.99. The van der Waals surface area contributed by atoms with Gasteiger partial charge in [-0.2, -0.15) is 0 Å². The highest BCUT2D eigenvalue weighted by Crippen LogP contribution is 2.27. The van der Waals surface area contributed by atoms with Crippen LogP contribution in [0, 0.1) is 0 Å². The van der Waals surface area contributed by atoms with Gasteiger partial charge in [-0.25, -0.2) is 0 Å². The Morgan fingerprint density at radius 3 is 2.67 bits per heavy atom. The topological polar surface area (TPSA) is 78.5 Å². The summed E-state index contributed by atoms with van der Waals surface area (Å²) in [4.78, 5) is 3.93. The fourth-order valence-electron chi connectivity index (χ4n) is 1.38. The minimum Gasteiger partial charge on any atom is -0.492 e. The highest BCUT2D eigenvalue weighted by molar-refractivity contribution is 5.37. The van der Waals surface area contributed by atoms with Crippen molar-refractivity contribution in [2.75, 3.05) is 0 Å². The average Bonchev–Trinajstić information content (AvgIpc) is 2.48. The van der Waals surface area contributed by atoms with Gasteiger partial charge in [0, 0.05) is 30.4 Å². The molecule has 15 heavy (non-hydrogen) atoms. The van der Waals surface area contributed by atoms with Crippen LogP contribution in [0.25, 0.3) is 0 Å². The first-order valence-electron chi connectivity index (χ1n) is 4.39. The molecule has 5 nitrogen and oxygen atoms in total. The van der Waals surface area contributed by atoms with E-state index in [2.05, 4.69) is 4.98 Å². The zero-order valence-corrected chi connectivity index (χ0v) is 7.83. The molecule has 0 radical (unpaired) electrons. The highest BCUT2D eigenvalue weighted by Gasteiger charge is 2.12. The monoisotopic (exact) mass is 206 g/mol. The molecule has 0 unspecified atom stereocenters. The molecule has 0 saturated heterocycles. The largest absolute Gasteiger partial charge is 0.492 e.